The van der Waals surface area contributed by atoms with E-state index >= 15 is 0 Å². The summed E-state index contributed by atoms with van der Waals surface area (Å²) in [7, 11) is 0. The van der Waals surface area contributed by atoms with Gasteiger partial charge in [0.15, 0.2) is 6.29 Å². The lowest BCUT2D eigenvalue weighted by molar-refractivity contribution is 0.111. The summed E-state index contributed by atoms with van der Waals surface area (Å²) in [5, 5.41) is 17.8. The van der Waals surface area contributed by atoms with Crippen LogP contribution in [-0.4, -0.2) is 16.5 Å². The third-order valence-corrected chi connectivity index (χ3v) is 1.34. The van der Waals surface area contributed by atoms with E-state index in [4.69, 9.17) is 10.2 Å². The van der Waals surface area contributed by atoms with Crippen molar-refractivity contribution >= 4 is 6.29 Å². The van der Waals surface area contributed by atoms with Crippen molar-refractivity contribution < 1.29 is 15.0 Å². The Morgan fingerprint density at radius 2 is 1.50 bits per heavy atom. The van der Waals surface area contributed by atoms with Gasteiger partial charge in [-0.1, -0.05) is 31.4 Å². The van der Waals surface area contributed by atoms with E-state index in [9.17, 15) is 4.79 Å². The molecule has 0 heterocycles. The van der Waals surface area contributed by atoms with E-state index in [2.05, 4.69) is 13.2 Å². The van der Waals surface area contributed by atoms with Crippen molar-refractivity contribution in [1.29, 1.82) is 0 Å². The number of rotatable bonds is 2. The molecular weight excluding hydrogens is 180 g/mol. The van der Waals surface area contributed by atoms with Gasteiger partial charge in [0.1, 0.15) is 11.5 Å². The van der Waals surface area contributed by atoms with E-state index in [-0.39, 0.29) is 17.1 Å². The van der Waals surface area contributed by atoms with E-state index in [0.717, 1.165) is 0 Å². The molecule has 0 unspecified atom stereocenters. The molecule has 0 aliphatic rings. The first-order valence-electron chi connectivity index (χ1n) is 3.87. The molecule has 0 spiro atoms. The van der Waals surface area contributed by atoms with E-state index in [1.54, 1.807) is 12.2 Å². The highest BCUT2D eigenvalue weighted by molar-refractivity contribution is 5.83. The van der Waals surface area contributed by atoms with Crippen LogP contribution in [0.3, 0.4) is 0 Å². The number of aromatic hydroxyl groups is 2. The highest BCUT2D eigenvalue weighted by Gasteiger charge is 2.02. The molecule has 3 nitrogen and oxygen atoms in total. The Labute approximate surface area is 82.6 Å². The minimum Gasteiger partial charge on any atom is -0.507 e. The van der Waals surface area contributed by atoms with Crippen molar-refractivity contribution in [3.8, 4) is 11.5 Å². The van der Waals surface area contributed by atoms with Crippen LogP contribution in [0.15, 0.2) is 43.5 Å². The molecule has 74 valence electrons. The fourth-order valence-corrected chi connectivity index (χ4v) is 0.662. The second kappa shape index (κ2) is 6.48. The molecule has 2 N–H and O–H groups in total. The first kappa shape index (κ1) is 12.0. The monoisotopic (exact) mass is 192 g/mol. The molecule has 14 heavy (non-hydrogen) atoms. The summed E-state index contributed by atoms with van der Waals surface area (Å²) >= 11 is 0. The largest absolute Gasteiger partial charge is 0.507 e. The number of carbonyl (C=O) groups is 1. The maximum absolute atomic E-state index is 10.1. The molecule has 0 amide bonds. The predicted octanol–water partition coefficient (Wildman–Crippen LogP) is 2.27. The molecule has 0 radical (unpaired) electrons. The fourth-order valence-electron chi connectivity index (χ4n) is 0.662. The van der Waals surface area contributed by atoms with E-state index in [0.29, 0.717) is 6.29 Å². The second-order valence-corrected chi connectivity index (χ2v) is 2.30. The fraction of sp³-hybridized carbons (Fsp3) is 0. The molecule has 0 bridgehead atoms. The summed E-state index contributed by atoms with van der Waals surface area (Å²) in [6.45, 7) is 6.72. The van der Waals surface area contributed by atoms with Crippen LogP contribution < -0.4 is 0 Å². The average molecular weight is 192 g/mol. The van der Waals surface area contributed by atoms with Gasteiger partial charge in [0.05, 0.1) is 5.56 Å². The molecule has 0 aliphatic heterocycles. The molecule has 0 saturated heterocycles. The Kier molecular flexibility index (Phi) is 5.54. The summed E-state index contributed by atoms with van der Waals surface area (Å²) in [5.41, 5.74) is -0.0671. The van der Waals surface area contributed by atoms with Crippen LogP contribution in [0.2, 0.25) is 0 Å². The highest BCUT2D eigenvalue weighted by atomic mass is 16.3. The van der Waals surface area contributed by atoms with Crippen LogP contribution in [0.1, 0.15) is 10.4 Å². The second-order valence-electron chi connectivity index (χ2n) is 2.30. The van der Waals surface area contributed by atoms with Crippen molar-refractivity contribution in [2.75, 3.05) is 0 Å². The van der Waals surface area contributed by atoms with Gasteiger partial charge in [-0.25, -0.2) is 0 Å². The number of benzene rings is 1. The zero-order valence-electron chi connectivity index (χ0n) is 7.68. The zero-order chi connectivity index (χ0) is 11.0. The Hall–Kier alpha value is -2.03. The van der Waals surface area contributed by atoms with Crippen LogP contribution in [0.25, 0.3) is 0 Å². The van der Waals surface area contributed by atoms with Crippen molar-refractivity contribution in [1.82, 2.24) is 0 Å². The van der Waals surface area contributed by atoms with Crippen LogP contribution in [0.5, 0.6) is 11.5 Å². The molecule has 0 saturated carbocycles. The molecule has 0 aromatic heterocycles. The topological polar surface area (TPSA) is 57.5 Å². The molecule has 3 heteroatoms. The van der Waals surface area contributed by atoms with Crippen molar-refractivity contribution in [2.45, 2.75) is 0 Å². The van der Waals surface area contributed by atoms with E-state index < -0.39 is 0 Å². The SMILES string of the molecule is C=CC=C.O=Cc1c(O)cccc1O. The Bertz CT molecular complexity index is 303. The van der Waals surface area contributed by atoms with Gasteiger partial charge in [-0.2, -0.15) is 0 Å². The zero-order valence-corrected chi connectivity index (χ0v) is 7.68. The van der Waals surface area contributed by atoms with Gasteiger partial charge in [-0.15, -0.1) is 0 Å². The number of hydrogen-bond acceptors (Lipinski definition) is 3. The minimum atomic E-state index is -0.199. The maximum atomic E-state index is 10.1. The van der Waals surface area contributed by atoms with E-state index in [1.807, 2.05) is 0 Å². The van der Waals surface area contributed by atoms with E-state index in [1.165, 1.54) is 18.2 Å². The first-order valence-corrected chi connectivity index (χ1v) is 3.87. The van der Waals surface area contributed by atoms with Crippen LogP contribution in [0.4, 0.5) is 0 Å². The maximum Gasteiger partial charge on any atom is 0.157 e. The summed E-state index contributed by atoms with van der Waals surface area (Å²) in [6, 6.07) is 4.13. The quantitative estimate of drug-likeness (QED) is 0.558. The predicted molar refractivity (Wildman–Crippen MR) is 55.6 cm³/mol. The lowest BCUT2D eigenvalue weighted by atomic mass is 10.2. The van der Waals surface area contributed by atoms with Crippen LogP contribution in [0, 0.1) is 0 Å². The Morgan fingerprint density at radius 1 is 1.07 bits per heavy atom. The first-order chi connectivity index (χ1) is 6.67. The molecule has 1 rings (SSSR count). The van der Waals surface area contributed by atoms with Crippen molar-refractivity contribution in [2.24, 2.45) is 0 Å². The number of carbonyl (C=O) groups excluding carboxylic acids is 1. The number of aldehydes is 1. The molecule has 1 aromatic carbocycles. The lowest BCUT2D eigenvalue weighted by Crippen LogP contribution is -1.80. The normalized spacial score (nSPS) is 8.00. The molecule has 0 atom stereocenters. The minimum absolute atomic E-state index is 0.0671. The third kappa shape index (κ3) is 3.58. The number of hydrogen-bond donors (Lipinski definition) is 2. The Balaban J connectivity index is 0.000000364. The van der Waals surface area contributed by atoms with Gasteiger partial charge >= 0.3 is 0 Å². The van der Waals surface area contributed by atoms with Crippen LogP contribution in [-0.2, 0) is 0 Å². The van der Waals surface area contributed by atoms with Gasteiger partial charge in [0.25, 0.3) is 0 Å². The third-order valence-electron chi connectivity index (χ3n) is 1.34. The number of phenols is 2. The van der Waals surface area contributed by atoms with Gasteiger partial charge in [0, 0.05) is 0 Å². The van der Waals surface area contributed by atoms with Crippen molar-refractivity contribution in [3.05, 3.63) is 49.1 Å². The summed E-state index contributed by atoms with van der Waals surface area (Å²) in [4.78, 5) is 10.1. The lowest BCUT2D eigenvalue weighted by Gasteiger charge is -1.97. The Morgan fingerprint density at radius 3 is 1.71 bits per heavy atom. The van der Waals surface area contributed by atoms with Crippen molar-refractivity contribution in [3.63, 3.8) is 0 Å². The average Bonchev–Trinajstić information content (AvgIpc) is 2.19. The van der Waals surface area contributed by atoms with Gasteiger partial charge in [-0.05, 0) is 12.1 Å². The summed E-state index contributed by atoms with van der Waals surface area (Å²) in [5.74, 6) is -0.398. The standard InChI is InChI=1S/C7H6O3.C4H6/c8-4-5-6(9)2-1-3-7(5)10;1-3-4-2/h1-4,9-10H;3-4H,1-2H2. The van der Waals surface area contributed by atoms with Gasteiger partial charge in [0.2, 0.25) is 0 Å². The smallest absolute Gasteiger partial charge is 0.157 e. The summed E-state index contributed by atoms with van der Waals surface area (Å²) in [6.07, 6.45) is 3.69. The summed E-state index contributed by atoms with van der Waals surface area (Å²) < 4.78 is 0. The number of phenolic OH excluding ortho intramolecular Hbond substituents is 2. The van der Waals surface area contributed by atoms with Crippen LogP contribution >= 0.6 is 0 Å². The highest BCUT2D eigenvalue weighted by Crippen LogP contribution is 2.23. The molecular formula is C11H12O3. The molecule has 0 fully saturated rings. The molecule has 0 aliphatic carbocycles. The molecule has 1 aromatic rings. The van der Waals surface area contributed by atoms with Gasteiger partial charge in [-0.3, -0.25) is 4.79 Å². The van der Waals surface area contributed by atoms with Gasteiger partial charge < -0.3 is 10.2 Å². The number of allylic oxidation sites excluding steroid dienone is 2.